The molecule has 3 aromatic carbocycles. The fraction of sp³-hybridized carbons (Fsp3) is 0.355. The lowest BCUT2D eigenvalue weighted by Crippen LogP contribution is -2.49. The first-order chi connectivity index (χ1) is 20.4. The fourth-order valence-corrected chi connectivity index (χ4v) is 5.55. The van der Waals surface area contributed by atoms with Crippen molar-refractivity contribution >= 4 is 38.9 Å². The number of nitrogens with two attached hydrogens (primary N) is 1. The lowest BCUT2D eigenvalue weighted by Gasteiger charge is -2.38. The molecule has 43 heavy (non-hydrogen) atoms. The van der Waals surface area contributed by atoms with Crippen LogP contribution in [0.5, 0.6) is 5.75 Å². The molecule has 0 aromatic heterocycles. The first kappa shape index (κ1) is 31.8. The maximum absolute atomic E-state index is 13.5. The van der Waals surface area contributed by atoms with Crippen LogP contribution in [-0.4, -0.2) is 80.3 Å². The van der Waals surface area contributed by atoms with Gasteiger partial charge in [-0.2, -0.15) is 0 Å². The number of fused-ring (bicyclic) bond motifs is 1. The van der Waals surface area contributed by atoms with E-state index in [1.165, 1.54) is 0 Å². The van der Waals surface area contributed by atoms with Gasteiger partial charge in [0, 0.05) is 31.1 Å². The zero-order valence-corrected chi connectivity index (χ0v) is 25.6. The molecule has 1 heterocycles. The number of aliphatic hydroxyl groups is 1. The van der Waals surface area contributed by atoms with Gasteiger partial charge in [-0.3, -0.25) is 19.2 Å². The Morgan fingerprint density at radius 1 is 1.12 bits per heavy atom. The Labute approximate surface area is 252 Å². The molecule has 3 aromatic rings. The second-order valence-electron chi connectivity index (χ2n) is 11.1. The number of hydrogen-bond acceptors (Lipinski definition) is 8. The third-order valence-electron chi connectivity index (χ3n) is 7.36. The smallest absolute Gasteiger partial charge is 0.258 e. The van der Waals surface area contributed by atoms with Crippen molar-refractivity contribution < 1.29 is 27.9 Å². The molecule has 0 bridgehead atoms. The summed E-state index contributed by atoms with van der Waals surface area (Å²) >= 11 is 0. The number of para-hydroxylation sites is 3. The topological polar surface area (TPSA) is 154 Å². The standard InChI is InChI=1S/C31H39N5O6S/c1-20-16-36(21(2)19-37)31(39)24-8-7-11-27(34-43(4,40)41)29(24)42-28(20)18-35(3)17-22-12-14-23(15-13-22)30(38)33-26-10-6-5-9-25(26)32/h5-15,20-21,28,34,37H,16-19,32H2,1-4H3,(H,33,38)/t20-,21+,28-/m1/s1. The Morgan fingerprint density at radius 3 is 2.44 bits per heavy atom. The molecular weight excluding hydrogens is 570 g/mol. The third-order valence-corrected chi connectivity index (χ3v) is 7.95. The predicted molar refractivity (Wildman–Crippen MR) is 168 cm³/mol. The summed E-state index contributed by atoms with van der Waals surface area (Å²) in [6.07, 6.45) is 0.617. The molecule has 0 saturated carbocycles. The molecule has 0 saturated heterocycles. The van der Waals surface area contributed by atoms with E-state index in [9.17, 15) is 23.1 Å². The Morgan fingerprint density at radius 2 is 1.79 bits per heavy atom. The SMILES string of the molecule is C[C@@H]1CN([C@@H](C)CO)C(=O)c2cccc(NS(C)(=O)=O)c2O[C@@H]1CN(C)Cc1ccc(C(=O)Nc2ccccc2N)cc1. The van der Waals surface area contributed by atoms with E-state index in [-0.39, 0.29) is 41.3 Å². The molecule has 3 atom stereocenters. The van der Waals surface area contributed by atoms with Crippen molar-refractivity contribution in [2.75, 3.05) is 48.8 Å². The fourth-order valence-electron chi connectivity index (χ4n) is 4.99. The van der Waals surface area contributed by atoms with Gasteiger partial charge in [-0.05, 0) is 55.9 Å². The van der Waals surface area contributed by atoms with Crippen molar-refractivity contribution in [3.05, 3.63) is 83.4 Å². The molecule has 1 aliphatic heterocycles. The van der Waals surface area contributed by atoms with E-state index in [1.807, 2.05) is 26.1 Å². The summed E-state index contributed by atoms with van der Waals surface area (Å²) in [6, 6.07) is 18.7. The molecule has 0 fully saturated rings. The first-order valence-corrected chi connectivity index (χ1v) is 15.9. The number of likely N-dealkylation sites (N-methyl/N-ethyl adjacent to an activating group) is 1. The van der Waals surface area contributed by atoms with Crippen LogP contribution in [-0.2, 0) is 16.6 Å². The van der Waals surface area contributed by atoms with Gasteiger partial charge in [0.1, 0.15) is 6.10 Å². The Kier molecular flexibility index (Phi) is 9.95. The maximum Gasteiger partial charge on any atom is 0.258 e. The van der Waals surface area contributed by atoms with Crippen molar-refractivity contribution in [3.63, 3.8) is 0 Å². The molecule has 2 amide bonds. The number of ether oxygens (including phenoxy) is 1. The van der Waals surface area contributed by atoms with Crippen molar-refractivity contribution in [1.82, 2.24) is 9.80 Å². The largest absolute Gasteiger partial charge is 0.486 e. The number of nitrogen functional groups attached to an aromatic ring is 1. The lowest BCUT2D eigenvalue weighted by molar-refractivity contribution is 0.0344. The van der Waals surface area contributed by atoms with Gasteiger partial charge < -0.3 is 25.8 Å². The average molecular weight is 610 g/mol. The number of anilines is 3. The van der Waals surface area contributed by atoms with Gasteiger partial charge in [-0.25, -0.2) is 8.42 Å². The number of carbonyl (C=O) groups excluding carboxylic acids is 2. The van der Waals surface area contributed by atoms with Crippen LogP contribution in [0.1, 0.15) is 40.1 Å². The number of sulfonamides is 1. The van der Waals surface area contributed by atoms with E-state index in [2.05, 4.69) is 14.9 Å². The summed E-state index contributed by atoms with van der Waals surface area (Å²) in [5.41, 5.74) is 8.85. The van der Waals surface area contributed by atoms with Gasteiger partial charge in [0.05, 0.1) is 41.5 Å². The van der Waals surface area contributed by atoms with Gasteiger partial charge in [0.25, 0.3) is 11.8 Å². The molecule has 4 rings (SSSR count). The number of rotatable bonds is 10. The van der Waals surface area contributed by atoms with Crippen molar-refractivity contribution in [2.24, 2.45) is 5.92 Å². The van der Waals surface area contributed by atoms with E-state index in [0.29, 0.717) is 36.6 Å². The summed E-state index contributed by atoms with van der Waals surface area (Å²) in [5, 5.41) is 12.7. The van der Waals surface area contributed by atoms with E-state index in [0.717, 1.165) is 11.8 Å². The highest BCUT2D eigenvalue weighted by Gasteiger charge is 2.34. The maximum atomic E-state index is 13.5. The third kappa shape index (κ3) is 8.04. The van der Waals surface area contributed by atoms with Crippen molar-refractivity contribution in [3.8, 4) is 5.75 Å². The lowest BCUT2D eigenvalue weighted by atomic mass is 9.99. The van der Waals surface area contributed by atoms with Crippen LogP contribution in [0.2, 0.25) is 0 Å². The monoisotopic (exact) mass is 609 g/mol. The average Bonchev–Trinajstić information content (AvgIpc) is 2.95. The molecule has 1 aliphatic rings. The summed E-state index contributed by atoms with van der Waals surface area (Å²) in [5.74, 6) is -0.599. The van der Waals surface area contributed by atoms with Crippen molar-refractivity contribution in [2.45, 2.75) is 32.5 Å². The van der Waals surface area contributed by atoms with Crippen molar-refractivity contribution in [1.29, 1.82) is 0 Å². The van der Waals surface area contributed by atoms with Gasteiger partial charge in [-0.1, -0.05) is 37.3 Å². The van der Waals surface area contributed by atoms with E-state index in [1.54, 1.807) is 66.4 Å². The van der Waals surface area contributed by atoms with Crippen LogP contribution in [0.25, 0.3) is 0 Å². The highest BCUT2D eigenvalue weighted by atomic mass is 32.2. The summed E-state index contributed by atoms with van der Waals surface area (Å²) in [4.78, 5) is 29.9. The minimum atomic E-state index is -3.65. The number of aliphatic hydroxyl groups excluding tert-OH is 1. The minimum absolute atomic E-state index is 0.156. The summed E-state index contributed by atoms with van der Waals surface area (Å²) in [7, 11) is -1.71. The highest BCUT2D eigenvalue weighted by Crippen LogP contribution is 2.35. The van der Waals surface area contributed by atoms with Gasteiger partial charge in [0.2, 0.25) is 10.0 Å². The van der Waals surface area contributed by atoms with Crippen LogP contribution in [0, 0.1) is 5.92 Å². The Hall–Kier alpha value is -4.13. The second kappa shape index (κ2) is 13.4. The Balaban J connectivity index is 1.52. The van der Waals surface area contributed by atoms with E-state index < -0.39 is 22.2 Å². The molecule has 12 heteroatoms. The predicted octanol–water partition coefficient (Wildman–Crippen LogP) is 3.24. The number of amides is 2. The number of benzene rings is 3. The quantitative estimate of drug-likeness (QED) is 0.256. The number of hydrogen-bond donors (Lipinski definition) is 4. The van der Waals surface area contributed by atoms with Crippen LogP contribution in [0.15, 0.2) is 66.7 Å². The second-order valence-corrected chi connectivity index (χ2v) is 12.9. The van der Waals surface area contributed by atoms with E-state index >= 15 is 0 Å². The summed E-state index contributed by atoms with van der Waals surface area (Å²) in [6.45, 7) is 4.87. The van der Waals surface area contributed by atoms with Crippen LogP contribution >= 0.6 is 0 Å². The molecule has 5 N–H and O–H groups in total. The number of nitrogens with one attached hydrogen (secondary N) is 2. The summed E-state index contributed by atoms with van der Waals surface area (Å²) < 4.78 is 33.1. The Bertz CT molecular complexity index is 1560. The van der Waals surface area contributed by atoms with Crippen LogP contribution in [0.4, 0.5) is 17.1 Å². The number of nitrogens with zero attached hydrogens (tertiary/aromatic N) is 2. The number of carbonyl (C=O) groups is 2. The molecule has 0 spiro atoms. The van der Waals surface area contributed by atoms with Crippen LogP contribution < -0.4 is 20.5 Å². The van der Waals surface area contributed by atoms with Gasteiger partial charge in [0.15, 0.2) is 5.75 Å². The zero-order valence-electron chi connectivity index (χ0n) is 24.8. The molecule has 0 aliphatic carbocycles. The minimum Gasteiger partial charge on any atom is -0.486 e. The zero-order chi connectivity index (χ0) is 31.3. The van der Waals surface area contributed by atoms with Crippen LogP contribution in [0.3, 0.4) is 0 Å². The first-order valence-electron chi connectivity index (χ1n) is 14.0. The molecule has 0 unspecified atom stereocenters. The van der Waals surface area contributed by atoms with Gasteiger partial charge in [-0.15, -0.1) is 0 Å². The molecule has 230 valence electrons. The molecular formula is C31H39N5O6S. The molecule has 0 radical (unpaired) electrons. The highest BCUT2D eigenvalue weighted by molar-refractivity contribution is 7.92. The van der Waals surface area contributed by atoms with Gasteiger partial charge >= 0.3 is 0 Å². The normalized spacial score (nSPS) is 17.8. The molecule has 11 nitrogen and oxygen atoms in total. The van der Waals surface area contributed by atoms with E-state index in [4.69, 9.17) is 10.5 Å².